The minimum absolute atomic E-state index is 0.0345. The molecule has 0 saturated carbocycles. The number of rotatable bonds is 1. The maximum Gasteiger partial charge on any atom is 0.255 e. The number of anilines is 1. The largest absolute Gasteiger partial charge is 0.396 e. The zero-order chi connectivity index (χ0) is 15.1. The van der Waals surface area contributed by atoms with Crippen molar-refractivity contribution in [3.8, 4) is 0 Å². The van der Waals surface area contributed by atoms with Crippen molar-refractivity contribution in [1.29, 1.82) is 0 Å². The fourth-order valence-electron chi connectivity index (χ4n) is 1.92. The van der Waals surface area contributed by atoms with Gasteiger partial charge in [0, 0.05) is 5.56 Å². The lowest BCUT2D eigenvalue weighted by atomic mass is 9.97. The van der Waals surface area contributed by atoms with E-state index < -0.39 is 29.1 Å². The van der Waals surface area contributed by atoms with Crippen molar-refractivity contribution in [1.82, 2.24) is 10.2 Å². The molecule has 0 bridgehead atoms. The Hall–Kier alpha value is -2.44. The van der Waals surface area contributed by atoms with E-state index in [2.05, 4.69) is 5.32 Å². The van der Waals surface area contributed by atoms with Crippen LogP contribution in [-0.2, 0) is 9.59 Å². The molecule has 1 saturated heterocycles. The number of carbonyl (C=O) groups excluding carboxylic acids is 3. The van der Waals surface area contributed by atoms with Crippen molar-refractivity contribution in [3.63, 3.8) is 0 Å². The topological polar surface area (TPSA) is 92.5 Å². The summed E-state index contributed by atoms with van der Waals surface area (Å²) in [6, 6.07) is 3.61. The van der Waals surface area contributed by atoms with Crippen LogP contribution >= 0.6 is 0 Å². The van der Waals surface area contributed by atoms with Crippen LogP contribution in [0.5, 0.6) is 0 Å². The van der Waals surface area contributed by atoms with E-state index in [9.17, 15) is 18.8 Å². The zero-order valence-electron chi connectivity index (χ0n) is 11.1. The Balaban J connectivity index is 2.38. The predicted octanol–water partition coefficient (Wildman–Crippen LogP) is 0.285. The fraction of sp³-hybridized carbons (Fsp3) is 0.308. The first-order chi connectivity index (χ1) is 9.23. The van der Waals surface area contributed by atoms with E-state index in [1.54, 1.807) is 0 Å². The minimum Gasteiger partial charge on any atom is -0.396 e. The summed E-state index contributed by atoms with van der Waals surface area (Å²) < 4.78 is 13.4. The molecule has 6 nitrogen and oxygen atoms in total. The number of amides is 3. The first-order valence-corrected chi connectivity index (χ1v) is 5.95. The minimum atomic E-state index is -1.19. The number of nitrogens with zero attached hydrogens (tertiary/aromatic N) is 1. The molecular formula is C13H14FN3O3. The molecule has 20 heavy (non-hydrogen) atoms. The van der Waals surface area contributed by atoms with Crippen molar-refractivity contribution in [3.05, 3.63) is 29.6 Å². The smallest absolute Gasteiger partial charge is 0.255 e. The van der Waals surface area contributed by atoms with Gasteiger partial charge in [0.25, 0.3) is 11.8 Å². The van der Waals surface area contributed by atoms with Crippen LogP contribution in [0.4, 0.5) is 10.1 Å². The van der Waals surface area contributed by atoms with Gasteiger partial charge in [0.05, 0.1) is 5.69 Å². The number of hydrogen-bond donors (Lipinski definition) is 2. The van der Waals surface area contributed by atoms with Crippen LogP contribution in [-0.4, -0.2) is 34.7 Å². The van der Waals surface area contributed by atoms with Gasteiger partial charge in [-0.1, -0.05) is 0 Å². The summed E-state index contributed by atoms with van der Waals surface area (Å²) in [5.41, 5.74) is 4.11. The molecule has 1 aromatic rings. The molecule has 2 rings (SSSR count). The lowest BCUT2D eigenvalue weighted by Gasteiger charge is -2.40. The first kappa shape index (κ1) is 14.0. The fourth-order valence-corrected chi connectivity index (χ4v) is 1.92. The third kappa shape index (κ3) is 2.22. The molecule has 1 heterocycles. The lowest BCUT2D eigenvalue weighted by molar-refractivity contribution is -0.143. The molecule has 0 aromatic heterocycles. The molecule has 1 aliphatic rings. The molecule has 1 aromatic carbocycles. The number of benzene rings is 1. The number of carbonyl (C=O) groups is 3. The third-order valence-electron chi connectivity index (χ3n) is 3.28. The van der Waals surface area contributed by atoms with Gasteiger partial charge >= 0.3 is 0 Å². The molecule has 0 unspecified atom stereocenters. The average molecular weight is 279 g/mol. The van der Waals surface area contributed by atoms with Gasteiger partial charge in [-0.2, -0.15) is 0 Å². The summed E-state index contributed by atoms with van der Waals surface area (Å²) in [5.74, 6) is -2.46. The molecule has 0 atom stereocenters. The molecule has 7 heteroatoms. The van der Waals surface area contributed by atoms with E-state index in [0.717, 1.165) is 11.0 Å². The molecule has 3 amide bonds. The molecule has 0 radical (unpaired) electrons. The quantitative estimate of drug-likeness (QED) is 0.570. The van der Waals surface area contributed by atoms with Gasteiger partial charge in [-0.3, -0.25) is 19.7 Å². The van der Waals surface area contributed by atoms with E-state index >= 15 is 0 Å². The maximum absolute atomic E-state index is 13.4. The second-order valence-corrected chi connectivity index (χ2v) is 5.06. The number of hydrogen-bond acceptors (Lipinski definition) is 4. The molecule has 1 aliphatic heterocycles. The molecule has 1 fully saturated rings. The van der Waals surface area contributed by atoms with Gasteiger partial charge in [0.2, 0.25) is 5.91 Å². The predicted molar refractivity (Wildman–Crippen MR) is 69.1 cm³/mol. The summed E-state index contributed by atoms with van der Waals surface area (Å²) in [6.45, 7) is 2.77. The van der Waals surface area contributed by atoms with Crippen LogP contribution in [0.25, 0.3) is 0 Å². The number of nitrogen functional groups attached to an aromatic ring is 1. The number of imide groups is 1. The normalized spacial score (nSPS) is 17.9. The number of nitrogens with one attached hydrogen (secondary N) is 1. The molecular weight excluding hydrogens is 265 g/mol. The molecule has 106 valence electrons. The van der Waals surface area contributed by atoms with Crippen molar-refractivity contribution < 1.29 is 18.8 Å². The van der Waals surface area contributed by atoms with Gasteiger partial charge in [0.15, 0.2) is 0 Å². The van der Waals surface area contributed by atoms with Crippen molar-refractivity contribution >= 4 is 23.4 Å². The highest BCUT2D eigenvalue weighted by atomic mass is 19.1. The number of piperazine rings is 1. The molecule has 0 aliphatic carbocycles. The van der Waals surface area contributed by atoms with E-state index in [4.69, 9.17) is 5.73 Å². The molecule has 0 spiro atoms. The molecule has 3 N–H and O–H groups in total. The summed E-state index contributed by atoms with van der Waals surface area (Å²) in [6.07, 6.45) is 0. The van der Waals surface area contributed by atoms with Gasteiger partial charge in [-0.15, -0.1) is 0 Å². The van der Waals surface area contributed by atoms with Crippen molar-refractivity contribution in [2.75, 3.05) is 12.3 Å². The van der Waals surface area contributed by atoms with Gasteiger partial charge in [-0.05, 0) is 32.0 Å². The second-order valence-electron chi connectivity index (χ2n) is 5.06. The van der Waals surface area contributed by atoms with Crippen LogP contribution in [0.3, 0.4) is 0 Å². The number of halogens is 1. The van der Waals surface area contributed by atoms with Crippen molar-refractivity contribution in [2.24, 2.45) is 0 Å². The van der Waals surface area contributed by atoms with Crippen LogP contribution in [0, 0.1) is 5.82 Å². The lowest BCUT2D eigenvalue weighted by Crippen LogP contribution is -2.65. The first-order valence-electron chi connectivity index (χ1n) is 5.95. The van der Waals surface area contributed by atoms with Crippen LogP contribution in [0.1, 0.15) is 24.2 Å². The highest BCUT2D eigenvalue weighted by Gasteiger charge is 2.43. The van der Waals surface area contributed by atoms with Crippen molar-refractivity contribution in [2.45, 2.75) is 19.4 Å². The highest BCUT2D eigenvalue weighted by Crippen LogP contribution is 2.22. The monoisotopic (exact) mass is 279 g/mol. The average Bonchev–Trinajstić information content (AvgIpc) is 2.36. The summed E-state index contributed by atoms with van der Waals surface area (Å²) in [4.78, 5) is 36.6. The Morgan fingerprint density at radius 3 is 2.65 bits per heavy atom. The highest BCUT2D eigenvalue weighted by molar-refractivity contribution is 6.08. The van der Waals surface area contributed by atoms with E-state index in [1.165, 1.54) is 26.0 Å². The Kier molecular flexibility index (Phi) is 3.21. The SMILES string of the molecule is CC1(C)C(=O)NC(=O)CN1C(=O)c1ccc(N)c(F)c1. The Morgan fingerprint density at radius 2 is 2.05 bits per heavy atom. The van der Waals surface area contributed by atoms with Crippen LogP contribution < -0.4 is 11.1 Å². The summed E-state index contributed by atoms with van der Waals surface area (Å²) >= 11 is 0. The standard InChI is InChI=1S/C13H14FN3O3/c1-13(2)12(20)16-10(18)6-17(13)11(19)7-3-4-9(15)8(14)5-7/h3-5H,6,15H2,1-2H3,(H,16,18,20). The summed E-state index contributed by atoms with van der Waals surface area (Å²) in [5, 5.41) is 2.16. The Labute approximate surface area is 114 Å². The van der Waals surface area contributed by atoms with Crippen LogP contribution in [0.15, 0.2) is 18.2 Å². The Morgan fingerprint density at radius 1 is 1.40 bits per heavy atom. The Bertz CT molecular complexity index is 613. The number of nitrogens with two attached hydrogens (primary N) is 1. The van der Waals surface area contributed by atoms with Gasteiger partial charge in [0.1, 0.15) is 17.9 Å². The zero-order valence-corrected chi connectivity index (χ0v) is 11.1. The maximum atomic E-state index is 13.4. The van der Waals surface area contributed by atoms with E-state index in [1.807, 2.05) is 0 Å². The third-order valence-corrected chi connectivity index (χ3v) is 3.28. The van der Waals surface area contributed by atoms with Crippen LogP contribution in [0.2, 0.25) is 0 Å². The van der Waals surface area contributed by atoms with Gasteiger partial charge in [-0.25, -0.2) is 4.39 Å². The second kappa shape index (κ2) is 4.59. The van der Waals surface area contributed by atoms with E-state index in [0.29, 0.717) is 0 Å². The summed E-state index contributed by atoms with van der Waals surface area (Å²) in [7, 11) is 0. The van der Waals surface area contributed by atoms with E-state index in [-0.39, 0.29) is 17.8 Å². The van der Waals surface area contributed by atoms with Gasteiger partial charge < -0.3 is 10.6 Å².